The summed E-state index contributed by atoms with van der Waals surface area (Å²) in [5.41, 5.74) is 0. The van der Waals surface area contributed by atoms with Gasteiger partial charge in [-0.05, 0) is 38.8 Å². The molecule has 0 saturated heterocycles. The standard InChI is InChI=1S/C11H25NO2/c1-3-11(6-8-13)10-12-7-5-9-14-4-2/h11-13H,3-10H2,1-2H3. The van der Waals surface area contributed by atoms with Crippen molar-refractivity contribution in [2.24, 2.45) is 5.92 Å². The molecule has 3 nitrogen and oxygen atoms in total. The van der Waals surface area contributed by atoms with Gasteiger partial charge in [0.2, 0.25) is 0 Å². The van der Waals surface area contributed by atoms with Gasteiger partial charge in [-0.25, -0.2) is 0 Å². The lowest BCUT2D eigenvalue weighted by molar-refractivity contribution is 0.144. The summed E-state index contributed by atoms with van der Waals surface area (Å²) in [6.07, 6.45) is 3.12. The van der Waals surface area contributed by atoms with Crippen molar-refractivity contribution in [1.82, 2.24) is 5.32 Å². The Morgan fingerprint density at radius 3 is 2.71 bits per heavy atom. The Kier molecular flexibility index (Phi) is 10.9. The van der Waals surface area contributed by atoms with Gasteiger partial charge in [-0.15, -0.1) is 0 Å². The Hall–Kier alpha value is -0.120. The van der Waals surface area contributed by atoms with Crippen LogP contribution in [0.1, 0.15) is 33.1 Å². The Balaban J connectivity index is 3.15. The van der Waals surface area contributed by atoms with Gasteiger partial charge in [-0.2, -0.15) is 0 Å². The summed E-state index contributed by atoms with van der Waals surface area (Å²) in [6, 6.07) is 0. The average Bonchev–Trinajstić information content (AvgIpc) is 2.21. The number of aliphatic hydroxyl groups excluding tert-OH is 1. The van der Waals surface area contributed by atoms with E-state index in [1.807, 2.05) is 6.92 Å². The van der Waals surface area contributed by atoms with Crippen LogP contribution in [-0.4, -0.2) is 38.0 Å². The minimum atomic E-state index is 0.305. The number of ether oxygens (including phenoxy) is 1. The topological polar surface area (TPSA) is 41.5 Å². The van der Waals surface area contributed by atoms with Crippen LogP contribution in [0, 0.1) is 5.92 Å². The lowest BCUT2D eigenvalue weighted by atomic mass is 10.0. The van der Waals surface area contributed by atoms with E-state index in [9.17, 15) is 0 Å². The molecule has 0 aromatic carbocycles. The summed E-state index contributed by atoms with van der Waals surface area (Å²) >= 11 is 0. The highest BCUT2D eigenvalue weighted by molar-refractivity contribution is 4.60. The zero-order valence-corrected chi connectivity index (χ0v) is 9.59. The predicted molar refractivity (Wildman–Crippen MR) is 59.5 cm³/mol. The maximum atomic E-state index is 8.79. The van der Waals surface area contributed by atoms with Crippen LogP contribution in [0.2, 0.25) is 0 Å². The SMILES string of the molecule is CCOCCCNCC(CC)CCO. The second-order valence-electron chi connectivity index (χ2n) is 3.54. The van der Waals surface area contributed by atoms with Crippen LogP contribution in [0.4, 0.5) is 0 Å². The van der Waals surface area contributed by atoms with Crippen molar-refractivity contribution >= 4 is 0 Å². The van der Waals surface area contributed by atoms with Crippen molar-refractivity contribution in [3.63, 3.8) is 0 Å². The molecule has 0 aliphatic carbocycles. The highest BCUT2D eigenvalue weighted by Gasteiger charge is 2.03. The number of hydrogen-bond donors (Lipinski definition) is 2. The fraction of sp³-hybridized carbons (Fsp3) is 1.00. The van der Waals surface area contributed by atoms with E-state index < -0.39 is 0 Å². The number of rotatable bonds is 10. The van der Waals surface area contributed by atoms with Gasteiger partial charge in [0.05, 0.1) is 0 Å². The molecule has 0 spiro atoms. The first kappa shape index (κ1) is 13.9. The first-order chi connectivity index (χ1) is 6.85. The fourth-order valence-electron chi connectivity index (χ4n) is 1.38. The molecule has 0 amide bonds. The van der Waals surface area contributed by atoms with Crippen LogP contribution in [0.15, 0.2) is 0 Å². The molecule has 1 atom stereocenters. The van der Waals surface area contributed by atoms with Gasteiger partial charge < -0.3 is 15.2 Å². The highest BCUT2D eigenvalue weighted by Crippen LogP contribution is 2.05. The van der Waals surface area contributed by atoms with Gasteiger partial charge in [0.1, 0.15) is 0 Å². The van der Waals surface area contributed by atoms with Crippen molar-refractivity contribution < 1.29 is 9.84 Å². The second-order valence-corrected chi connectivity index (χ2v) is 3.54. The number of aliphatic hydroxyl groups is 1. The molecule has 0 aliphatic heterocycles. The van der Waals surface area contributed by atoms with Crippen LogP contribution in [-0.2, 0) is 4.74 Å². The summed E-state index contributed by atoms with van der Waals surface area (Å²) in [5.74, 6) is 0.618. The molecule has 1 unspecified atom stereocenters. The molecule has 0 radical (unpaired) electrons. The van der Waals surface area contributed by atoms with E-state index in [4.69, 9.17) is 9.84 Å². The van der Waals surface area contributed by atoms with Gasteiger partial charge in [0.15, 0.2) is 0 Å². The maximum absolute atomic E-state index is 8.79. The molecule has 14 heavy (non-hydrogen) atoms. The van der Waals surface area contributed by atoms with E-state index in [0.717, 1.165) is 45.6 Å². The summed E-state index contributed by atoms with van der Waals surface area (Å²) in [7, 11) is 0. The molecule has 0 heterocycles. The van der Waals surface area contributed by atoms with Gasteiger partial charge in [-0.3, -0.25) is 0 Å². The van der Waals surface area contributed by atoms with Gasteiger partial charge >= 0.3 is 0 Å². The molecule has 0 aliphatic rings. The first-order valence-corrected chi connectivity index (χ1v) is 5.74. The van der Waals surface area contributed by atoms with Gasteiger partial charge in [-0.1, -0.05) is 13.3 Å². The molecule has 0 bridgehead atoms. The van der Waals surface area contributed by atoms with Crippen molar-refractivity contribution in [2.45, 2.75) is 33.1 Å². The molecular weight excluding hydrogens is 178 g/mol. The van der Waals surface area contributed by atoms with E-state index >= 15 is 0 Å². The van der Waals surface area contributed by atoms with Gasteiger partial charge in [0.25, 0.3) is 0 Å². The van der Waals surface area contributed by atoms with Crippen LogP contribution >= 0.6 is 0 Å². The molecule has 0 saturated carbocycles. The summed E-state index contributed by atoms with van der Waals surface area (Å²) in [4.78, 5) is 0. The van der Waals surface area contributed by atoms with Crippen LogP contribution in [0.5, 0.6) is 0 Å². The molecule has 2 N–H and O–H groups in total. The van der Waals surface area contributed by atoms with Crippen LogP contribution < -0.4 is 5.32 Å². The lowest BCUT2D eigenvalue weighted by Crippen LogP contribution is -2.25. The predicted octanol–water partition coefficient (Wildman–Crippen LogP) is 1.41. The third-order valence-electron chi connectivity index (χ3n) is 2.39. The minimum Gasteiger partial charge on any atom is -0.396 e. The van der Waals surface area contributed by atoms with Crippen molar-refractivity contribution in [2.75, 3.05) is 32.9 Å². The minimum absolute atomic E-state index is 0.305. The van der Waals surface area contributed by atoms with E-state index in [0.29, 0.717) is 12.5 Å². The monoisotopic (exact) mass is 203 g/mol. The van der Waals surface area contributed by atoms with Crippen LogP contribution in [0.3, 0.4) is 0 Å². The molecule has 86 valence electrons. The fourth-order valence-corrected chi connectivity index (χ4v) is 1.38. The molecule has 0 rings (SSSR count). The Labute approximate surface area is 87.8 Å². The van der Waals surface area contributed by atoms with E-state index in [-0.39, 0.29) is 0 Å². The van der Waals surface area contributed by atoms with Crippen molar-refractivity contribution in [3.8, 4) is 0 Å². The summed E-state index contributed by atoms with van der Waals surface area (Å²) in [5, 5.41) is 12.2. The Morgan fingerprint density at radius 1 is 1.36 bits per heavy atom. The smallest absolute Gasteiger partial charge is 0.0477 e. The average molecular weight is 203 g/mol. The second kappa shape index (κ2) is 11.0. The molecular formula is C11H25NO2. The normalized spacial score (nSPS) is 13.1. The van der Waals surface area contributed by atoms with E-state index in [1.165, 1.54) is 0 Å². The number of hydrogen-bond acceptors (Lipinski definition) is 3. The third kappa shape index (κ3) is 8.48. The molecule has 0 aromatic heterocycles. The third-order valence-corrected chi connectivity index (χ3v) is 2.39. The molecule has 0 aromatic rings. The Bertz CT molecular complexity index is 109. The quantitative estimate of drug-likeness (QED) is 0.528. The maximum Gasteiger partial charge on any atom is 0.0477 e. The summed E-state index contributed by atoms with van der Waals surface area (Å²) < 4.78 is 5.23. The Morgan fingerprint density at radius 2 is 2.14 bits per heavy atom. The summed E-state index contributed by atoms with van der Waals surface area (Å²) in [6.45, 7) is 8.18. The molecule has 3 heteroatoms. The lowest BCUT2D eigenvalue weighted by Gasteiger charge is -2.14. The van der Waals surface area contributed by atoms with E-state index in [1.54, 1.807) is 0 Å². The van der Waals surface area contributed by atoms with Gasteiger partial charge in [0, 0.05) is 19.8 Å². The van der Waals surface area contributed by atoms with E-state index in [2.05, 4.69) is 12.2 Å². The van der Waals surface area contributed by atoms with Crippen molar-refractivity contribution in [1.29, 1.82) is 0 Å². The number of nitrogens with one attached hydrogen (secondary N) is 1. The largest absolute Gasteiger partial charge is 0.396 e. The molecule has 0 fully saturated rings. The highest BCUT2D eigenvalue weighted by atomic mass is 16.5. The zero-order chi connectivity index (χ0) is 10.6. The zero-order valence-electron chi connectivity index (χ0n) is 9.59. The van der Waals surface area contributed by atoms with Crippen molar-refractivity contribution in [3.05, 3.63) is 0 Å². The first-order valence-electron chi connectivity index (χ1n) is 5.74. The van der Waals surface area contributed by atoms with Crippen LogP contribution in [0.25, 0.3) is 0 Å².